The van der Waals surface area contributed by atoms with E-state index in [1.54, 1.807) is 14.2 Å². The maximum atomic E-state index is 12.9. The van der Waals surface area contributed by atoms with Gasteiger partial charge < -0.3 is 19.5 Å². The lowest BCUT2D eigenvalue weighted by Gasteiger charge is -2.31. The van der Waals surface area contributed by atoms with Gasteiger partial charge in [-0.1, -0.05) is 19.1 Å². The van der Waals surface area contributed by atoms with E-state index in [-0.39, 0.29) is 11.8 Å². The van der Waals surface area contributed by atoms with Crippen molar-refractivity contribution in [3.05, 3.63) is 58.1 Å². The first-order valence-electron chi connectivity index (χ1n) is 11.1. The Labute approximate surface area is 186 Å². The highest BCUT2D eigenvalue weighted by Crippen LogP contribution is 2.37. The first kappa shape index (κ1) is 23.1. The van der Waals surface area contributed by atoms with Crippen molar-refractivity contribution in [1.82, 2.24) is 5.32 Å². The average molecular weight is 426 g/mol. The Bertz CT molecular complexity index is 891. The molecule has 1 aliphatic rings. The van der Waals surface area contributed by atoms with Crippen molar-refractivity contribution in [3.63, 3.8) is 0 Å². The maximum absolute atomic E-state index is 12.9. The number of fused-ring (bicyclic) bond motifs is 1. The van der Waals surface area contributed by atoms with E-state index >= 15 is 0 Å². The summed E-state index contributed by atoms with van der Waals surface area (Å²) in [4.78, 5) is 12.9. The quantitative estimate of drug-likeness (QED) is 0.605. The highest BCUT2D eigenvalue weighted by atomic mass is 16.5. The Balaban J connectivity index is 1.64. The minimum absolute atomic E-state index is 0.0378. The number of ether oxygens (including phenoxy) is 3. The van der Waals surface area contributed by atoms with Gasteiger partial charge in [-0.25, -0.2) is 0 Å². The van der Waals surface area contributed by atoms with Gasteiger partial charge in [0.2, 0.25) is 5.91 Å². The highest BCUT2D eigenvalue weighted by molar-refractivity contribution is 5.78. The Morgan fingerprint density at radius 3 is 2.55 bits per heavy atom. The fourth-order valence-corrected chi connectivity index (χ4v) is 4.44. The van der Waals surface area contributed by atoms with Crippen molar-refractivity contribution in [2.45, 2.75) is 46.6 Å². The Morgan fingerprint density at radius 1 is 1.13 bits per heavy atom. The van der Waals surface area contributed by atoms with E-state index in [2.05, 4.69) is 32.2 Å². The molecule has 5 nitrogen and oxygen atoms in total. The van der Waals surface area contributed by atoms with Gasteiger partial charge in [0, 0.05) is 19.6 Å². The van der Waals surface area contributed by atoms with Crippen molar-refractivity contribution in [3.8, 4) is 11.5 Å². The molecule has 2 aromatic rings. The topological polar surface area (TPSA) is 56.8 Å². The van der Waals surface area contributed by atoms with Crippen LogP contribution in [0.1, 0.15) is 41.2 Å². The van der Waals surface area contributed by atoms with E-state index in [9.17, 15) is 4.79 Å². The number of hydrogen-bond acceptors (Lipinski definition) is 4. The van der Waals surface area contributed by atoms with Gasteiger partial charge in [0.1, 0.15) is 18.1 Å². The molecule has 168 valence electrons. The molecular weight excluding hydrogens is 390 g/mol. The van der Waals surface area contributed by atoms with Gasteiger partial charge in [-0.2, -0.15) is 0 Å². The Kier molecular flexibility index (Phi) is 7.97. The van der Waals surface area contributed by atoms with Gasteiger partial charge >= 0.3 is 0 Å². The summed E-state index contributed by atoms with van der Waals surface area (Å²) in [5, 5.41) is 3.11. The molecule has 0 aromatic heterocycles. The molecule has 3 rings (SSSR count). The number of carbonyl (C=O) groups is 1. The second-order valence-corrected chi connectivity index (χ2v) is 8.47. The summed E-state index contributed by atoms with van der Waals surface area (Å²) in [7, 11) is 3.33. The molecule has 1 N–H and O–H groups in total. The third kappa shape index (κ3) is 5.59. The Morgan fingerprint density at radius 2 is 1.87 bits per heavy atom. The van der Waals surface area contributed by atoms with E-state index < -0.39 is 0 Å². The zero-order valence-electron chi connectivity index (χ0n) is 19.4. The van der Waals surface area contributed by atoms with Crippen molar-refractivity contribution in [2.75, 3.05) is 27.4 Å². The van der Waals surface area contributed by atoms with Gasteiger partial charge in [-0.05, 0) is 85.0 Å². The summed E-state index contributed by atoms with van der Waals surface area (Å²) in [6.07, 6.45) is 2.97. The minimum atomic E-state index is -0.0378. The number of rotatable bonds is 9. The van der Waals surface area contributed by atoms with Crippen LogP contribution in [0.25, 0.3) is 0 Å². The molecule has 0 saturated heterocycles. The van der Waals surface area contributed by atoms with Crippen LogP contribution in [0.2, 0.25) is 0 Å². The second-order valence-electron chi connectivity index (χ2n) is 8.47. The number of methoxy groups -OCH3 is 2. The zero-order valence-corrected chi connectivity index (χ0v) is 19.4. The number of carbonyl (C=O) groups excluding carboxylic acids is 1. The molecule has 0 radical (unpaired) electrons. The van der Waals surface area contributed by atoms with Gasteiger partial charge in [-0.15, -0.1) is 0 Å². The van der Waals surface area contributed by atoms with Crippen LogP contribution in [0, 0.1) is 25.7 Å². The predicted molar refractivity (Wildman–Crippen MR) is 123 cm³/mol. The molecule has 1 amide bonds. The van der Waals surface area contributed by atoms with Crippen LogP contribution in [0.15, 0.2) is 30.3 Å². The van der Waals surface area contributed by atoms with E-state index in [4.69, 9.17) is 14.2 Å². The molecule has 0 bridgehead atoms. The van der Waals surface area contributed by atoms with Crippen LogP contribution in [0.3, 0.4) is 0 Å². The predicted octanol–water partition coefficient (Wildman–Crippen LogP) is 4.39. The van der Waals surface area contributed by atoms with Gasteiger partial charge in [0.05, 0.1) is 13.7 Å². The average Bonchev–Trinajstić information content (AvgIpc) is 2.80. The van der Waals surface area contributed by atoms with Crippen LogP contribution in [0.4, 0.5) is 0 Å². The molecule has 2 aromatic carbocycles. The van der Waals surface area contributed by atoms with E-state index in [0.717, 1.165) is 36.3 Å². The molecule has 0 aliphatic heterocycles. The van der Waals surface area contributed by atoms with Crippen LogP contribution in [-0.2, 0) is 28.9 Å². The lowest BCUT2D eigenvalue weighted by atomic mass is 9.74. The van der Waals surface area contributed by atoms with E-state index in [1.165, 1.54) is 22.3 Å². The number of amides is 1. The molecule has 0 saturated carbocycles. The number of hydrogen-bond donors (Lipinski definition) is 1. The molecule has 0 fully saturated rings. The van der Waals surface area contributed by atoms with Gasteiger partial charge in [-0.3, -0.25) is 4.79 Å². The van der Waals surface area contributed by atoms with Crippen molar-refractivity contribution in [2.24, 2.45) is 11.8 Å². The lowest BCUT2D eigenvalue weighted by molar-refractivity contribution is -0.126. The van der Waals surface area contributed by atoms with Gasteiger partial charge in [0.15, 0.2) is 0 Å². The van der Waals surface area contributed by atoms with E-state index in [0.29, 0.717) is 25.7 Å². The lowest BCUT2D eigenvalue weighted by Crippen LogP contribution is -2.35. The van der Waals surface area contributed by atoms with Crippen molar-refractivity contribution in [1.29, 1.82) is 0 Å². The summed E-state index contributed by atoms with van der Waals surface area (Å²) < 4.78 is 16.3. The number of aryl methyl sites for hydroxylation is 1. The maximum Gasteiger partial charge on any atom is 0.223 e. The highest BCUT2D eigenvalue weighted by Gasteiger charge is 2.30. The fraction of sp³-hybridized carbons (Fsp3) is 0.500. The van der Waals surface area contributed by atoms with Gasteiger partial charge in [0.25, 0.3) is 0 Å². The molecule has 1 aliphatic carbocycles. The molecular formula is C26H35NO4. The number of benzene rings is 2. The van der Waals surface area contributed by atoms with Crippen LogP contribution < -0.4 is 14.8 Å². The van der Waals surface area contributed by atoms with E-state index in [1.807, 2.05) is 24.3 Å². The second kappa shape index (κ2) is 10.7. The third-order valence-electron chi connectivity index (χ3n) is 6.53. The monoisotopic (exact) mass is 425 g/mol. The third-order valence-corrected chi connectivity index (χ3v) is 6.53. The smallest absolute Gasteiger partial charge is 0.223 e. The molecule has 2 atom stereocenters. The summed E-state index contributed by atoms with van der Waals surface area (Å²) >= 11 is 0. The number of nitrogens with one attached hydrogen (secondary N) is 1. The minimum Gasteiger partial charge on any atom is -0.497 e. The first-order valence-corrected chi connectivity index (χ1v) is 11.1. The molecule has 0 spiro atoms. The normalized spacial score (nSPS) is 16.4. The van der Waals surface area contributed by atoms with Crippen molar-refractivity contribution >= 4 is 5.91 Å². The Hall–Kier alpha value is -2.53. The summed E-state index contributed by atoms with van der Waals surface area (Å²) in [5.74, 6) is 2.16. The zero-order chi connectivity index (χ0) is 22.4. The molecule has 5 heteroatoms. The largest absolute Gasteiger partial charge is 0.497 e. The first-order chi connectivity index (χ1) is 14.9. The summed E-state index contributed by atoms with van der Waals surface area (Å²) in [6.45, 7) is 8.00. The summed E-state index contributed by atoms with van der Waals surface area (Å²) in [5.41, 5.74) is 6.34. The van der Waals surface area contributed by atoms with Crippen LogP contribution in [-0.4, -0.2) is 33.3 Å². The molecule has 0 heterocycles. The summed E-state index contributed by atoms with van der Waals surface area (Å²) in [6, 6.07) is 9.95. The van der Waals surface area contributed by atoms with Crippen LogP contribution in [0.5, 0.6) is 11.5 Å². The molecule has 31 heavy (non-hydrogen) atoms. The molecule has 0 unspecified atom stereocenters. The van der Waals surface area contributed by atoms with Crippen LogP contribution >= 0.6 is 0 Å². The SMILES string of the molecule is COCCOc1cc(C)c2c(c1C)C[C@H]([C@H](C)C(=O)NCc1ccc(OC)cc1)CC2. The fourth-order valence-electron chi connectivity index (χ4n) is 4.44. The standard InChI is InChI=1S/C26H35NO4/c1-17-14-25(31-13-12-29-4)19(3)24-15-21(8-11-23(17)24)18(2)26(28)27-16-20-6-9-22(30-5)10-7-20/h6-7,9-10,14,18,21H,8,11-13,15-16H2,1-5H3,(H,27,28)/t18-,21+/m0/s1. The van der Waals surface area contributed by atoms with Crippen molar-refractivity contribution < 1.29 is 19.0 Å².